The van der Waals surface area contributed by atoms with Crippen molar-refractivity contribution in [2.24, 2.45) is 0 Å². The molecule has 0 radical (unpaired) electrons. The highest BCUT2D eigenvalue weighted by molar-refractivity contribution is 5.21. The van der Waals surface area contributed by atoms with Crippen LogP contribution in [0, 0.1) is 12.7 Å². The quantitative estimate of drug-likeness (QED) is 0.551. The van der Waals surface area contributed by atoms with E-state index < -0.39 is 71.9 Å². The maximum Gasteiger partial charge on any atom is 0.459 e. The van der Waals surface area contributed by atoms with E-state index in [2.05, 4.69) is 9.97 Å². The van der Waals surface area contributed by atoms with E-state index in [4.69, 9.17) is 18.9 Å². The van der Waals surface area contributed by atoms with E-state index in [1.165, 1.54) is 0 Å². The first-order valence-corrected chi connectivity index (χ1v) is 10.4. The number of nitrogens with zero attached hydrogens (tertiary/aromatic N) is 2. The smallest absolute Gasteiger partial charge is 0.368 e. The molecule has 2 aliphatic heterocycles. The minimum absolute atomic E-state index is 0.126. The van der Waals surface area contributed by atoms with Gasteiger partial charge in [0.1, 0.15) is 18.0 Å². The Bertz CT molecular complexity index is 1030. The van der Waals surface area contributed by atoms with E-state index in [-0.39, 0.29) is 6.61 Å². The van der Waals surface area contributed by atoms with Crippen molar-refractivity contribution >= 4 is 0 Å². The summed E-state index contributed by atoms with van der Waals surface area (Å²) in [5, 5.41) is 0. The first-order chi connectivity index (χ1) is 15.8. The van der Waals surface area contributed by atoms with Crippen LogP contribution in [0.2, 0.25) is 0 Å². The fourth-order valence-corrected chi connectivity index (χ4v) is 3.96. The predicted molar refractivity (Wildman–Crippen MR) is 104 cm³/mol. The highest BCUT2D eigenvalue weighted by Gasteiger charge is 2.62. The van der Waals surface area contributed by atoms with Gasteiger partial charge in [0.2, 0.25) is 0 Å². The van der Waals surface area contributed by atoms with E-state index in [0.717, 1.165) is 12.5 Å². The molecular weight excluding hydrogens is 470 g/mol. The van der Waals surface area contributed by atoms with Crippen LogP contribution in [0.3, 0.4) is 0 Å². The lowest BCUT2D eigenvalue weighted by molar-refractivity contribution is -0.292. The molecule has 2 aliphatic rings. The summed E-state index contributed by atoms with van der Waals surface area (Å²) in [5.41, 5.74) is -1.86. The monoisotopic (exact) mass is 492 g/mol. The van der Waals surface area contributed by atoms with Crippen LogP contribution < -0.4 is 0 Å². The maximum absolute atomic E-state index is 14.9. The summed E-state index contributed by atoms with van der Waals surface area (Å²) in [5.74, 6) is -8.78. The van der Waals surface area contributed by atoms with Crippen LogP contribution in [0.1, 0.15) is 36.6 Å². The highest BCUT2D eigenvalue weighted by atomic mass is 19.4. The summed E-state index contributed by atoms with van der Waals surface area (Å²) in [6, 6.07) is 9.08. The number of ether oxygens (including phenoxy) is 4. The van der Waals surface area contributed by atoms with Crippen molar-refractivity contribution in [1.82, 2.24) is 9.97 Å². The Hall–Kier alpha value is -2.28. The van der Waals surface area contributed by atoms with E-state index in [1.54, 1.807) is 13.8 Å². The lowest BCUT2D eigenvalue weighted by atomic mass is 10.0. The summed E-state index contributed by atoms with van der Waals surface area (Å²) in [4.78, 5) is 6.80. The molecule has 2 aromatic rings. The second-order valence-electron chi connectivity index (χ2n) is 8.56. The summed E-state index contributed by atoms with van der Waals surface area (Å²) in [7, 11) is 0. The number of aryl methyl sites for hydroxylation is 1. The van der Waals surface area contributed by atoms with Crippen LogP contribution in [0.15, 0.2) is 30.3 Å². The first-order valence-electron chi connectivity index (χ1n) is 10.4. The van der Waals surface area contributed by atoms with Crippen LogP contribution in [-0.2, 0) is 37.9 Å². The standard InChI is InChI=1S/C22H22F6N2O4/c1-11-29-13(15(23)18(30-11)21(24,25)22(26,27)28)9-14-16(31-10-12-7-5-4-6-8-12)17-19(32-14)34-20(2,3)33-17/h4-8,14,16-17,19H,9-10H2,1-3H3/t14-,16+,17-,19-/m1/s1. The molecule has 4 rings (SSSR count). The van der Waals surface area contributed by atoms with Gasteiger partial charge in [0.05, 0.1) is 18.4 Å². The largest absolute Gasteiger partial charge is 0.459 e. The molecule has 3 heterocycles. The second kappa shape index (κ2) is 8.74. The number of benzene rings is 1. The van der Waals surface area contributed by atoms with Gasteiger partial charge in [0.25, 0.3) is 0 Å². The van der Waals surface area contributed by atoms with Crippen molar-refractivity contribution < 1.29 is 45.3 Å². The summed E-state index contributed by atoms with van der Waals surface area (Å²) in [6.07, 6.45) is -9.95. The Morgan fingerprint density at radius 2 is 1.71 bits per heavy atom. The Balaban J connectivity index is 1.61. The van der Waals surface area contributed by atoms with Gasteiger partial charge in [-0.1, -0.05) is 30.3 Å². The van der Waals surface area contributed by atoms with Crippen molar-refractivity contribution in [2.45, 2.75) is 76.3 Å². The minimum atomic E-state index is -6.03. The number of aromatic nitrogens is 2. The van der Waals surface area contributed by atoms with Gasteiger partial charge in [-0.3, -0.25) is 0 Å². The SMILES string of the molecule is Cc1nc(C[C@H]2O[C@@H]3OC(C)(C)O[C@@H]3[C@H]2OCc2ccccc2)c(F)c(C(F)(F)C(F)(F)F)n1. The van der Waals surface area contributed by atoms with Gasteiger partial charge in [-0.2, -0.15) is 22.0 Å². The fourth-order valence-electron chi connectivity index (χ4n) is 3.96. The summed E-state index contributed by atoms with van der Waals surface area (Å²) >= 11 is 0. The molecule has 6 nitrogen and oxygen atoms in total. The molecule has 0 saturated carbocycles. The number of hydrogen-bond acceptors (Lipinski definition) is 6. The molecule has 0 bridgehead atoms. The fraction of sp³-hybridized carbons (Fsp3) is 0.545. The molecule has 34 heavy (non-hydrogen) atoms. The lowest BCUT2D eigenvalue weighted by Gasteiger charge is -2.26. The molecule has 0 N–H and O–H groups in total. The number of alkyl halides is 5. The predicted octanol–water partition coefficient (Wildman–Crippen LogP) is 4.58. The number of hydrogen-bond donors (Lipinski definition) is 0. The van der Waals surface area contributed by atoms with Gasteiger partial charge in [0.15, 0.2) is 23.6 Å². The molecule has 2 fully saturated rings. The molecule has 0 aliphatic carbocycles. The van der Waals surface area contributed by atoms with Crippen molar-refractivity contribution in [1.29, 1.82) is 0 Å². The molecule has 0 spiro atoms. The molecule has 0 amide bonds. The van der Waals surface area contributed by atoms with Crippen LogP contribution in [0.25, 0.3) is 0 Å². The zero-order chi connectivity index (χ0) is 24.9. The molecule has 12 heteroatoms. The highest BCUT2D eigenvalue weighted by Crippen LogP contribution is 2.45. The Kier molecular flexibility index (Phi) is 6.38. The van der Waals surface area contributed by atoms with Gasteiger partial charge in [-0.15, -0.1) is 0 Å². The van der Waals surface area contributed by atoms with Gasteiger partial charge < -0.3 is 18.9 Å². The van der Waals surface area contributed by atoms with Crippen molar-refractivity contribution in [3.05, 3.63) is 58.9 Å². The van der Waals surface area contributed by atoms with Gasteiger partial charge in [0, 0.05) is 6.42 Å². The van der Waals surface area contributed by atoms with Crippen LogP contribution in [-0.4, -0.2) is 46.5 Å². The zero-order valence-electron chi connectivity index (χ0n) is 18.4. The molecule has 4 atom stereocenters. The lowest BCUT2D eigenvalue weighted by Crippen LogP contribution is -2.39. The third-order valence-corrected chi connectivity index (χ3v) is 5.45. The normalized spacial score (nSPS) is 26.6. The minimum Gasteiger partial charge on any atom is -0.368 e. The number of halogens is 6. The van der Waals surface area contributed by atoms with Crippen molar-refractivity contribution in [2.75, 3.05) is 0 Å². The van der Waals surface area contributed by atoms with E-state index in [1.807, 2.05) is 30.3 Å². The molecule has 1 aromatic carbocycles. The maximum atomic E-state index is 14.9. The van der Waals surface area contributed by atoms with Crippen LogP contribution in [0.4, 0.5) is 26.3 Å². The van der Waals surface area contributed by atoms with E-state index >= 15 is 0 Å². The average Bonchev–Trinajstić information content (AvgIpc) is 3.19. The molecule has 2 saturated heterocycles. The molecule has 186 valence electrons. The second-order valence-corrected chi connectivity index (χ2v) is 8.56. The average molecular weight is 492 g/mol. The summed E-state index contributed by atoms with van der Waals surface area (Å²) in [6.45, 7) is 4.55. The number of rotatable bonds is 6. The molecule has 1 aromatic heterocycles. The molecule has 0 unspecified atom stereocenters. The van der Waals surface area contributed by atoms with E-state index in [9.17, 15) is 26.3 Å². The van der Waals surface area contributed by atoms with Crippen molar-refractivity contribution in [3.63, 3.8) is 0 Å². The number of fused-ring (bicyclic) bond motifs is 1. The third-order valence-electron chi connectivity index (χ3n) is 5.45. The topological polar surface area (TPSA) is 62.7 Å². The third kappa shape index (κ3) is 4.77. The van der Waals surface area contributed by atoms with Gasteiger partial charge in [-0.05, 0) is 26.3 Å². The Labute approximate surface area is 191 Å². The first kappa shape index (κ1) is 24.8. The van der Waals surface area contributed by atoms with Crippen LogP contribution in [0.5, 0.6) is 0 Å². The van der Waals surface area contributed by atoms with Gasteiger partial charge in [-0.25, -0.2) is 14.4 Å². The van der Waals surface area contributed by atoms with Crippen molar-refractivity contribution in [3.8, 4) is 0 Å². The van der Waals surface area contributed by atoms with Crippen LogP contribution >= 0.6 is 0 Å². The Morgan fingerprint density at radius 1 is 1.03 bits per heavy atom. The molecular formula is C22H22F6N2O4. The zero-order valence-corrected chi connectivity index (χ0v) is 18.4. The Morgan fingerprint density at radius 3 is 2.35 bits per heavy atom. The van der Waals surface area contributed by atoms with Gasteiger partial charge >= 0.3 is 12.1 Å². The summed E-state index contributed by atoms with van der Waals surface area (Å²) < 4.78 is 105. The van der Waals surface area contributed by atoms with E-state index in [0.29, 0.717) is 0 Å².